The van der Waals surface area contributed by atoms with Crippen LogP contribution < -0.4 is 11.1 Å². The van der Waals surface area contributed by atoms with Crippen LogP contribution in [0.1, 0.15) is 31.4 Å². The first-order chi connectivity index (χ1) is 19.0. The lowest BCUT2D eigenvalue weighted by molar-refractivity contribution is 0.0770. The Labute approximate surface area is 227 Å². The molecule has 39 heavy (non-hydrogen) atoms. The molecule has 7 rings (SSSR count). The predicted octanol–water partition coefficient (Wildman–Crippen LogP) is 3.43. The number of aromatic amines is 1. The number of H-pyrrole nitrogens is 1. The molecule has 3 aromatic heterocycles. The third-order valence-electron chi connectivity index (χ3n) is 8.98. The molecule has 202 valence electrons. The summed E-state index contributed by atoms with van der Waals surface area (Å²) in [7, 11) is 2.22. The van der Waals surface area contributed by atoms with Gasteiger partial charge in [-0.2, -0.15) is 10.1 Å². The van der Waals surface area contributed by atoms with Crippen molar-refractivity contribution in [2.24, 2.45) is 11.7 Å². The van der Waals surface area contributed by atoms with E-state index >= 15 is 0 Å². The molecule has 1 aliphatic heterocycles. The lowest BCUT2D eigenvalue weighted by Gasteiger charge is -2.46. The number of rotatable bonds is 5. The van der Waals surface area contributed by atoms with Crippen LogP contribution in [-0.4, -0.2) is 79.8 Å². The maximum absolute atomic E-state index is 6.95. The molecular formula is C29H35N9O. The van der Waals surface area contributed by atoms with E-state index in [2.05, 4.69) is 66.6 Å². The largest absolute Gasteiger partial charge is 0.424 e. The summed E-state index contributed by atoms with van der Waals surface area (Å²) in [5.74, 6) is 0.370. The van der Waals surface area contributed by atoms with E-state index in [0.29, 0.717) is 23.6 Å². The van der Waals surface area contributed by atoms with Gasteiger partial charge >= 0.3 is 0 Å². The minimum Gasteiger partial charge on any atom is -0.424 e. The molecule has 0 atom stereocenters. The van der Waals surface area contributed by atoms with E-state index in [9.17, 15) is 0 Å². The highest BCUT2D eigenvalue weighted by atomic mass is 16.4. The summed E-state index contributed by atoms with van der Waals surface area (Å²) in [6, 6.07) is 9.04. The molecule has 10 nitrogen and oxygen atoms in total. The second kappa shape index (κ2) is 9.55. The fraction of sp³-hybridized carbons (Fsp3) is 0.448. The maximum Gasteiger partial charge on any atom is 0.296 e. The van der Waals surface area contributed by atoms with Gasteiger partial charge in [0.05, 0.1) is 22.2 Å². The summed E-state index contributed by atoms with van der Waals surface area (Å²) in [6.07, 6.45) is 16.4. The summed E-state index contributed by atoms with van der Waals surface area (Å²) < 4.78 is 6.13. The van der Waals surface area contributed by atoms with Gasteiger partial charge in [0.15, 0.2) is 11.2 Å². The number of likely N-dealkylation sites (N-methyl/N-ethyl adjacent to an activating group) is 1. The van der Waals surface area contributed by atoms with Gasteiger partial charge in [-0.1, -0.05) is 36.4 Å². The summed E-state index contributed by atoms with van der Waals surface area (Å²) in [5.41, 5.74) is 8.62. The Balaban J connectivity index is 1.18. The lowest BCUT2D eigenvalue weighted by atomic mass is 9.69. The predicted molar refractivity (Wildman–Crippen MR) is 151 cm³/mol. The standard InChI is InChI=1S/C29H35N9O/c1-37-14-16-38(17-15-37)21-8-6-20(7-9-21)29(34-27-33-23-4-2-3-5-24(23)39-27)12-10-28(30,11-13-29)25-22-18-31-19-32-26(22)36-35-25/h2-5,10-13,18-21H,6-9,14-17,30H2,1H3,(H,33,34)(H,31,32,35,36). The quantitative estimate of drug-likeness (QED) is 0.336. The molecule has 1 saturated heterocycles. The van der Waals surface area contributed by atoms with E-state index in [1.54, 1.807) is 6.20 Å². The zero-order valence-corrected chi connectivity index (χ0v) is 22.3. The Kier molecular flexibility index (Phi) is 5.98. The molecule has 0 bridgehead atoms. The van der Waals surface area contributed by atoms with Crippen molar-refractivity contribution in [3.05, 3.63) is 66.8 Å². The zero-order chi connectivity index (χ0) is 26.5. The fourth-order valence-corrected chi connectivity index (χ4v) is 6.59. The highest BCUT2D eigenvalue weighted by molar-refractivity contribution is 5.79. The van der Waals surface area contributed by atoms with E-state index in [0.717, 1.165) is 61.2 Å². The fourth-order valence-electron chi connectivity index (χ4n) is 6.59. The summed E-state index contributed by atoms with van der Waals surface area (Å²) >= 11 is 0. The summed E-state index contributed by atoms with van der Waals surface area (Å²) in [5, 5.41) is 12.0. The first-order valence-electron chi connectivity index (χ1n) is 13.9. The number of aromatic nitrogens is 5. The summed E-state index contributed by atoms with van der Waals surface area (Å²) in [6.45, 7) is 4.63. The average molecular weight is 526 g/mol. The molecule has 2 fully saturated rings. The van der Waals surface area contributed by atoms with Gasteiger partial charge in [0.1, 0.15) is 11.8 Å². The molecule has 0 radical (unpaired) electrons. The Morgan fingerprint density at radius 1 is 1.03 bits per heavy atom. The van der Waals surface area contributed by atoms with Crippen molar-refractivity contribution >= 4 is 28.1 Å². The molecular weight excluding hydrogens is 490 g/mol. The molecule has 0 amide bonds. The number of nitrogens with two attached hydrogens (primary N) is 1. The second-order valence-electron chi connectivity index (χ2n) is 11.3. The number of piperazine rings is 1. The molecule has 4 N–H and O–H groups in total. The Bertz CT molecular complexity index is 1470. The molecule has 2 aliphatic carbocycles. The zero-order valence-electron chi connectivity index (χ0n) is 22.3. The number of nitrogens with one attached hydrogen (secondary N) is 2. The van der Waals surface area contributed by atoms with Crippen molar-refractivity contribution in [3.63, 3.8) is 0 Å². The normalized spacial score (nSPS) is 30.3. The van der Waals surface area contributed by atoms with Crippen LogP contribution in [0.15, 0.2) is 65.5 Å². The van der Waals surface area contributed by atoms with Crippen LogP contribution in [0, 0.1) is 5.92 Å². The van der Waals surface area contributed by atoms with E-state index < -0.39 is 11.1 Å². The first-order valence-corrected chi connectivity index (χ1v) is 13.9. The highest BCUT2D eigenvalue weighted by Gasteiger charge is 2.43. The van der Waals surface area contributed by atoms with Crippen LogP contribution in [0.2, 0.25) is 0 Å². The number of hydrogen-bond donors (Lipinski definition) is 3. The number of hydrogen-bond acceptors (Lipinski definition) is 9. The highest BCUT2D eigenvalue weighted by Crippen LogP contribution is 2.42. The van der Waals surface area contributed by atoms with Crippen LogP contribution in [-0.2, 0) is 5.54 Å². The van der Waals surface area contributed by atoms with E-state index in [1.165, 1.54) is 19.2 Å². The van der Waals surface area contributed by atoms with Gasteiger partial charge in [-0.05, 0) is 50.8 Å². The molecule has 1 saturated carbocycles. The van der Waals surface area contributed by atoms with Crippen molar-refractivity contribution < 1.29 is 4.42 Å². The monoisotopic (exact) mass is 525 g/mol. The minimum absolute atomic E-state index is 0.370. The van der Waals surface area contributed by atoms with Gasteiger partial charge < -0.3 is 20.4 Å². The van der Waals surface area contributed by atoms with E-state index in [4.69, 9.17) is 15.1 Å². The number of anilines is 1. The third-order valence-corrected chi connectivity index (χ3v) is 8.98. The molecule has 4 heterocycles. The molecule has 10 heteroatoms. The van der Waals surface area contributed by atoms with Crippen molar-refractivity contribution in [1.29, 1.82) is 0 Å². The minimum atomic E-state index is -0.858. The molecule has 1 aromatic carbocycles. The summed E-state index contributed by atoms with van der Waals surface area (Å²) in [4.78, 5) is 18.3. The molecule has 0 spiro atoms. The lowest BCUT2D eigenvalue weighted by Crippen LogP contribution is -2.52. The van der Waals surface area contributed by atoms with Crippen LogP contribution in [0.25, 0.3) is 22.1 Å². The van der Waals surface area contributed by atoms with Crippen molar-refractivity contribution in [3.8, 4) is 0 Å². The van der Waals surface area contributed by atoms with Gasteiger partial charge in [0, 0.05) is 38.4 Å². The maximum atomic E-state index is 6.95. The van der Waals surface area contributed by atoms with Gasteiger partial charge in [0.25, 0.3) is 6.01 Å². The van der Waals surface area contributed by atoms with Gasteiger partial charge in [-0.3, -0.25) is 10.00 Å². The Hall–Kier alpha value is -3.60. The van der Waals surface area contributed by atoms with Crippen molar-refractivity contribution in [1.82, 2.24) is 34.9 Å². The molecule has 4 aromatic rings. The van der Waals surface area contributed by atoms with Gasteiger partial charge in [-0.25, -0.2) is 9.97 Å². The van der Waals surface area contributed by atoms with Crippen LogP contribution in [0.3, 0.4) is 0 Å². The smallest absolute Gasteiger partial charge is 0.296 e. The first kappa shape index (κ1) is 24.4. The van der Waals surface area contributed by atoms with Gasteiger partial charge in [-0.15, -0.1) is 0 Å². The number of nitrogens with zero attached hydrogens (tertiary/aromatic N) is 6. The van der Waals surface area contributed by atoms with E-state index in [1.807, 2.05) is 24.3 Å². The van der Waals surface area contributed by atoms with Crippen molar-refractivity contribution in [2.45, 2.75) is 42.8 Å². The van der Waals surface area contributed by atoms with Gasteiger partial charge in [0.2, 0.25) is 0 Å². The number of para-hydroxylation sites is 2. The average Bonchev–Trinajstić information content (AvgIpc) is 3.59. The Morgan fingerprint density at radius 3 is 2.56 bits per heavy atom. The van der Waals surface area contributed by atoms with Crippen LogP contribution in [0.4, 0.5) is 6.01 Å². The molecule has 0 unspecified atom stereocenters. The number of oxazole rings is 1. The topological polar surface area (TPSA) is 125 Å². The van der Waals surface area contributed by atoms with E-state index in [-0.39, 0.29) is 0 Å². The number of benzene rings is 1. The van der Waals surface area contributed by atoms with Crippen molar-refractivity contribution in [2.75, 3.05) is 38.5 Å². The Morgan fingerprint density at radius 2 is 1.79 bits per heavy atom. The molecule has 3 aliphatic rings. The number of fused-ring (bicyclic) bond motifs is 2. The van der Waals surface area contributed by atoms with Crippen LogP contribution in [0.5, 0.6) is 0 Å². The SMILES string of the molecule is CN1CCN(C2CCC(C3(Nc4nc5ccccc5o4)C=CC(N)(c4[nH]nc5ncncc45)C=C3)CC2)CC1. The van der Waals surface area contributed by atoms with Crippen LogP contribution >= 0.6 is 0 Å². The second-order valence-corrected chi connectivity index (χ2v) is 11.3. The third kappa shape index (κ3) is 4.42.